The van der Waals surface area contributed by atoms with Gasteiger partial charge in [0.2, 0.25) is 0 Å². The zero-order valence-corrected chi connectivity index (χ0v) is 13.0. The average Bonchev–Trinajstić information content (AvgIpc) is 2.48. The fourth-order valence-electron chi connectivity index (χ4n) is 2.07. The summed E-state index contributed by atoms with van der Waals surface area (Å²) in [6.45, 7) is 0. The molecule has 7 heteroatoms. The third kappa shape index (κ3) is 3.26. The van der Waals surface area contributed by atoms with Crippen LogP contribution in [0.3, 0.4) is 0 Å². The molecule has 3 rings (SSSR count). The molecule has 1 aliphatic heterocycles. The van der Waals surface area contributed by atoms with Crippen LogP contribution in [-0.4, -0.2) is 13.5 Å². The highest BCUT2D eigenvalue weighted by atomic mass is 32.2. The molecule has 0 amide bonds. The molecule has 0 radical (unpaired) electrons. The van der Waals surface area contributed by atoms with Crippen LogP contribution in [-0.2, 0) is 10.0 Å². The highest BCUT2D eigenvalue weighted by Crippen LogP contribution is 2.31. The molecule has 112 valence electrons. The SMILES string of the molecule is O=S1(=O)C=Cc2cccc(NC(=S)Nc3ccccc3)c2N1. The predicted molar refractivity (Wildman–Crippen MR) is 94.3 cm³/mol. The Balaban J connectivity index is 1.82. The Morgan fingerprint density at radius 2 is 1.77 bits per heavy atom. The second-order valence-corrected chi connectivity index (χ2v) is 6.64. The molecular formula is C15H13N3O2S2. The lowest BCUT2D eigenvalue weighted by atomic mass is 10.1. The topological polar surface area (TPSA) is 70.2 Å². The lowest BCUT2D eigenvalue weighted by molar-refractivity contribution is 0.609. The largest absolute Gasteiger partial charge is 0.332 e. The number of benzene rings is 2. The lowest BCUT2D eigenvalue weighted by Crippen LogP contribution is -2.21. The number of hydrogen-bond donors (Lipinski definition) is 3. The van der Waals surface area contributed by atoms with Gasteiger partial charge in [0.1, 0.15) is 0 Å². The maximum atomic E-state index is 11.7. The molecule has 0 saturated carbocycles. The zero-order valence-electron chi connectivity index (χ0n) is 11.4. The molecule has 1 heterocycles. The number of thiocarbonyl (C=S) groups is 1. The molecule has 0 spiro atoms. The Morgan fingerprint density at radius 1 is 1.00 bits per heavy atom. The van der Waals surface area contributed by atoms with Crippen molar-refractivity contribution in [2.45, 2.75) is 0 Å². The van der Waals surface area contributed by atoms with E-state index < -0.39 is 10.0 Å². The summed E-state index contributed by atoms with van der Waals surface area (Å²) < 4.78 is 25.8. The van der Waals surface area contributed by atoms with Gasteiger partial charge in [0, 0.05) is 11.3 Å². The van der Waals surface area contributed by atoms with Crippen LogP contribution in [0.1, 0.15) is 5.56 Å². The van der Waals surface area contributed by atoms with Crippen LogP contribution in [0.4, 0.5) is 17.1 Å². The summed E-state index contributed by atoms with van der Waals surface area (Å²) >= 11 is 5.26. The van der Waals surface area contributed by atoms with Gasteiger partial charge >= 0.3 is 0 Å². The van der Waals surface area contributed by atoms with Crippen LogP contribution >= 0.6 is 12.2 Å². The third-order valence-corrected chi connectivity index (χ3v) is 4.23. The minimum atomic E-state index is -3.45. The molecular weight excluding hydrogens is 318 g/mol. The summed E-state index contributed by atoms with van der Waals surface area (Å²) in [6, 6.07) is 14.9. The van der Waals surface area contributed by atoms with E-state index in [0.717, 1.165) is 16.7 Å². The van der Waals surface area contributed by atoms with E-state index in [-0.39, 0.29) is 0 Å². The van der Waals surface area contributed by atoms with E-state index in [1.165, 1.54) is 0 Å². The van der Waals surface area contributed by atoms with Crippen LogP contribution in [0.25, 0.3) is 6.08 Å². The third-order valence-electron chi connectivity index (χ3n) is 3.05. The molecule has 0 fully saturated rings. The summed E-state index contributed by atoms with van der Waals surface area (Å²) in [7, 11) is -3.45. The van der Waals surface area contributed by atoms with E-state index in [2.05, 4.69) is 15.4 Å². The summed E-state index contributed by atoms with van der Waals surface area (Å²) in [5.41, 5.74) is 2.72. The molecule has 0 unspecified atom stereocenters. The molecule has 5 nitrogen and oxygen atoms in total. The summed E-state index contributed by atoms with van der Waals surface area (Å²) in [5, 5.41) is 7.58. The minimum Gasteiger partial charge on any atom is -0.332 e. The molecule has 2 aromatic carbocycles. The van der Waals surface area contributed by atoms with Gasteiger partial charge in [-0.05, 0) is 36.5 Å². The molecule has 3 N–H and O–H groups in total. The molecule has 22 heavy (non-hydrogen) atoms. The van der Waals surface area contributed by atoms with Crippen molar-refractivity contribution in [2.24, 2.45) is 0 Å². The Hall–Kier alpha value is -2.38. The summed E-state index contributed by atoms with van der Waals surface area (Å²) in [6.07, 6.45) is 1.56. The maximum Gasteiger partial charge on any atom is 0.255 e. The summed E-state index contributed by atoms with van der Waals surface area (Å²) in [4.78, 5) is 0. The normalized spacial score (nSPS) is 14.5. The quantitative estimate of drug-likeness (QED) is 0.737. The number of rotatable bonds is 2. The smallest absolute Gasteiger partial charge is 0.255 e. The van der Waals surface area contributed by atoms with E-state index in [1.807, 2.05) is 42.5 Å². The molecule has 0 aromatic heterocycles. The molecule has 0 bridgehead atoms. The number of fused-ring (bicyclic) bond motifs is 1. The number of nitrogens with one attached hydrogen (secondary N) is 3. The van der Waals surface area contributed by atoms with Gasteiger partial charge in [-0.3, -0.25) is 4.72 Å². The predicted octanol–water partition coefficient (Wildman–Crippen LogP) is 3.22. The van der Waals surface area contributed by atoms with Crippen LogP contribution < -0.4 is 15.4 Å². The van der Waals surface area contributed by atoms with Gasteiger partial charge in [-0.2, -0.15) is 0 Å². The Kier molecular flexibility index (Phi) is 3.82. The van der Waals surface area contributed by atoms with E-state index in [9.17, 15) is 8.42 Å². The Labute approximate surface area is 134 Å². The van der Waals surface area contributed by atoms with Crippen molar-refractivity contribution in [1.29, 1.82) is 0 Å². The molecule has 2 aromatic rings. The number of hydrogen-bond acceptors (Lipinski definition) is 3. The van der Waals surface area contributed by atoms with Gasteiger partial charge < -0.3 is 10.6 Å². The van der Waals surface area contributed by atoms with E-state index in [4.69, 9.17) is 12.2 Å². The van der Waals surface area contributed by atoms with Gasteiger partial charge in [-0.15, -0.1) is 0 Å². The first-order chi connectivity index (χ1) is 10.5. The molecule has 0 saturated heterocycles. The van der Waals surface area contributed by atoms with Crippen molar-refractivity contribution < 1.29 is 8.42 Å². The van der Waals surface area contributed by atoms with E-state index in [0.29, 0.717) is 16.5 Å². The highest BCUT2D eigenvalue weighted by Gasteiger charge is 2.17. The first kappa shape index (κ1) is 14.6. The van der Waals surface area contributed by atoms with Gasteiger partial charge in [0.25, 0.3) is 10.0 Å². The second kappa shape index (κ2) is 5.78. The van der Waals surface area contributed by atoms with Crippen molar-refractivity contribution in [3.8, 4) is 0 Å². The number of para-hydroxylation sites is 2. The molecule has 1 aliphatic rings. The van der Waals surface area contributed by atoms with Gasteiger partial charge in [0.05, 0.1) is 16.8 Å². The van der Waals surface area contributed by atoms with Gasteiger partial charge in [0.15, 0.2) is 5.11 Å². The lowest BCUT2D eigenvalue weighted by Gasteiger charge is -2.19. The molecule has 0 atom stereocenters. The van der Waals surface area contributed by atoms with Crippen molar-refractivity contribution in [1.82, 2.24) is 0 Å². The first-order valence-electron chi connectivity index (χ1n) is 6.50. The average molecular weight is 331 g/mol. The first-order valence-corrected chi connectivity index (χ1v) is 8.46. The standard InChI is InChI=1S/C15H13N3O2S2/c19-22(20)10-9-11-5-4-8-13(14(11)18-22)17-15(21)16-12-6-2-1-3-7-12/h1-10,18H,(H2,16,17,21). The van der Waals surface area contributed by atoms with Gasteiger partial charge in [-0.1, -0.05) is 30.3 Å². The van der Waals surface area contributed by atoms with Crippen molar-refractivity contribution in [3.05, 3.63) is 59.5 Å². The van der Waals surface area contributed by atoms with Crippen molar-refractivity contribution in [3.63, 3.8) is 0 Å². The monoisotopic (exact) mass is 331 g/mol. The minimum absolute atomic E-state index is 0.383. The fourth-order valence-corrected chi connectivity index (χ4v) is 3.21. The van der Waals surface area contributed by atoms with Crippen LogP contribution in [0.15, 0.2) is 53.9 Å². The van der Waals surface area contributed by atoms with Crippen LogP contribution in [0, 0.1) is 0 Å². The Bertz CT molecular complexity index is 846. The van der Waals surface area contributed by atoms with E-state index in [1.54, 1.807) is 12.1 Å². The van der Waals surface area contributed by atoms with Crippen LogP contribution in [0.5, 0.6) is 0 Å². The number of anilines is 3. The fraction of sp³-hybridized carbons (Fsp3) is 0. The van der Waals surface area contributed by atoms with Crippen molar-refractivity contribution in [2.75, 3.05) is 15.4 Å². The Morgan fingerprint density at radius 3 is 2.55 bits per heavy atom. The highest BCUT2D eigenvalue weighted by molar-refractivity contribution is 7.95. The second-order valence-electron chi connectivity index (χ2n) is 4.66. The number of sulfonamides is 1. The van der Waals surface area contributed by atoms with E-state index >= 15 is 0 Å². The zero-order chi connectivity index (χ0) is 15.6. The van der Waals surface area contributed by atoms with Crippen molar-refractivity contribution >= 4 is 50.5 Å². The van der Waals surface area contributed by atoms with Gasteiger partial charge in [-0.25, -0.2) is 8.42 Å². The maximum absolute atomic E-state index is 11.7. The molecule has 0 aliphatic carbocycles. The summed E-state index contributed by atoms with van der Waals surface area (Å²) in [5.74, 6) is 0. The van der Waals surface area contributed by atoms with Crippen LogP contribution in [0.2, 0.25) is 0 Å².